The van der Waals surface area contributed by atoms with Crippen LogP contribution >= 0.6 is 23.4 Å². The van der Waals surface area contributed by atoms with Gasteiger partial charge >= 0.3 is 0 Å². The molecule has 6 nitrogen and oxygen atoms in total. The summed E-state index contributed by atoms with van der Waals surface area (Å²) < 4.78 is 1.60. The molecule has 1 aromatic heterocycles. The van der Waals surface area contributed by atoms with Crippen molar-refractivity contribution in [3.63, 3.8) is 0 Å². The minimum Gasteiger partial charge on any atom is -0.325 e. The highest BCUT2D eigenvalue weighted by Gasteiger charge is 2.20. The average Bonchev–Trinajstić information content (AvgIpc) is 3.16. The maximum Gasteiger partial charge on any atom is 0.237 e. The van der Waals surface area contributed by atoms with E-state index in [1.807, 2.05) is 37.3 Å². The first-order valence-corrected chi connectivity index (χ1v) is 10.4. The van der Waals surface area contributed by atoms with Crippen molar-refractivity contribution >= 4 is 35.0 Å². The average molecular weight is 416 g/mol. The third kappa shape index (κ3) is 4.72. The Balaban J connectivity index is 1.73. The van der Waals surface area contributed by atoms with Crippen LogP contribution in [0.4, 0.5) is 5.69 Å². The number of rotatable bonds is 7. The zero-order chi connectivity index (χ0) is 20.1. The molecule has 0 unspecified atom stereocenters. The maximum atomic E-state index is 12.8. The molecule has 0 saturated carbocycles. The number of hydrogen-bond acceptors (Lipinski definition) is 5. The lowest BCUT2D eigenvalue weighted by Crippen LogP contribution is -2.23. The Hall–Kier alpha value is -2.38. The number of anilines is 1. The van der Waals surface area contributed by atoms with Crippen molar-refractivity contribution < 1.29 is 4.79 Å². The second-order valence-corrected chi connectivity index (χ2v) is 8.24. The van der Waals surface area contributed by atoms with Gasteiger partial charge < -0.3 is 5.32 Å². The monoisotopic (exact) mass is 415 g/mol. The second-order valence-electron chi connectivity index (χ2n) is 6.50. The van der Waals surface area contributed by atoms with Gasteiger partial charge in [-0.15, -0.1) is 5.10 Å². The van der Waals surface area contributed by atoms with Crippen LogP contribution in [0.5, 0.6) is 0 Å². The lowest BCUT2D eigenvalue weighted by Gasteiger charge is -2.17. The molecule has 3 rings (SSSR count). The Labute approximate surface area is 173 Å². The molecule has 1 heterocycles. The topological polar surface area (TPSA) is 72.7 Å². The van der Waals surface area contributed by atoms with E-state index in [1.165, 1.54) is 11.8 Å². The van der Waals surface area contributed by atoms with Gasteiger partial charge in [-0.2, -0.15) is 4.68 Å². The third-order valence-electron chi connectivity index (χ3n) is 4.53. The van der Waals surface area contributed by atoms with Crippen LogP contribution in [0.2, 0.25) is 5.02 Å². The van der Waals surface area contributed by atoms with Crippen molar-refractivity contribution in [3.8, 4) is 5.69 Å². The van der Waals surface area contributed by atoms with E-state index in [4.69, 9.17) is 11.6 Å². The van der Waals surface area contributed by atoms with Gasteiger partial charge in [-0.25, -0.2) is 0 Å². The van der Waals surface area contributed by atoms with Crippen LogP contribution in [-0.4, -0.2) is 31.4 Å². The minimum atomic E-state index is -0.373. The van der Waals surface area contributed by atoms with E-state index in [1.54, 1.807) is 16.8 Å². The predicted molar refractivity (Wildman–Crippen MR) is 113 cm³/mol. The Morgan fingerprint density at radius 1 is 1.18 bits per heavy atom. The fourth-order valence-electron chi connectivity index (χ4n) is 2.70. The third-order valence-corrected chi connectivity index (χ3v) is 5.81. The van der Waals surface area contributed by atoms with Gasteiger partial charge in [-0.3, -0.25) is 4.79 Å². The first-order chi connectivity index (χ1) is 13.5. The van der Waals surface area contributed by atoms with Crippen molar-refractivity contribution in [2.45, 2.75) is 43.5 Å². The summed E-state index contributed by atoms with van der Waals surface area (Å²) in [5, 5.41) is 15.7. The van der Waals surface area contributed by atoms with Crippen LogP contribution in [0, 0.1) is 0 Å². The Kier molecular flexibility index (Phi) is 6.70. The molecule has 1 amide bonds. The quantitative estimate of drug-likeness (QED) is 0.553. The lowest BCUT2D eigenvalue weighted by molar-refractivity contribution is -0.115. The standard InChI is InChI=1S/C20H22ClN5OS/c1-4-13(2)17-7-5-6-8-18(17)22-19(27)14(3)28-20-23-24-25-26(20)16-11-9-15(21)10-12-16/h5-14H,4H2,1-3H3,(H,22,27)/t13-,14+/m0/s1. The number of nitrogens with one attached hydrogen (secondary N) is 1. The van der Waals surface area contributed by atoms with E-state index in [9.17, 15) is 4.79 Å². The van der Waals surface area contributed by atoms with Crippen LogP contribution in [-0.2, 0) is 4.79 Å². The zero-order valence-electron chi connectivity index (χ0n) is 16.0. The summed E-state index contributed by atoms with van der Waals surface area (Å²) in [6, 6.07) is 15.1. The molecule has 0 spiro atoms. The summed E-state index contributed by atoms with van der Waals surface area (Å²) in [7, 11) is 0. The molecule has 2 atom stereocenters. The number of tetrazole rings is 1. The van der Waals surface area contributed by atoms with Gasteiger partial charge in [0.1, 0.15) is 0 Å². The highest BCUT2D eigenvalue weighted by atomic mass is 35.5. The number of para-hydroxylation sites is 1. The molecule has 0 radical (unpaired) electrons. The molecule has 0 saturated heterocycles. The molecule has 1 N–H and O–H groups in total. The highest BCUT2D eigenvalue weighted by molar-refractivity contribution is 8.00. The maximum absolute atomic E-state index is 12.8. The van der Waals surface area contributed by atoms with E-state index in [0.29, 0.717) is 16.1 Å². The van der Waals surface area contributed by atoms with Crippen LogP contribution in [0.1, 0.15) is 38.7 Å². The van der Waals surface area contributed by atoms with Gasteiger partial charge in [0, 0.05) is 10.7 Å². The number of aromatic nitrogens is 4. The van der Waals surface area contributed by atoms with Crippen molar-refractivity contribution in [3.05, 3.63) is 59.1 Å². The summed E-state index contributed by atoms with van der Waals surface area (Å²) in [4.78, 5) is 12.8. The van der Waals surface area contributed by atoms with Crippen molar-refractivity contribution in [2.24, 2.45) is 0 Å². The predicted octanol–water partition coefficient (Wildman–Crippen LogP) is 4.95. The number of nitrogens with zero attached hydrogens (tertiary/aromatic N) is 4. The van der Waals surface area contributed by atoms with E-state index >= 15 is 0 Å². The molecule has 2 aromatic carbocycles. The fourth-order valence-corrected chi connectivity index (χ4v) is 3.64. The SMILES string of the molecule is CC[C@H](C)c1ccccc1NC(=O)[C@@H](C)Sc1nnnn1-c1ccc(Cl)cc1. The smallest absolute Gasteiger partial charge is 0.237 e. The molecular formula is C20H22ClN5OS. The number of halogens is 1. The van der Waals surface area contributed by atoms with Gasteiger partial charge in [0.15, 0.2) is 0 Å². The summed E-state index contributed by atoms with van der Waals surface area (Å²) in [6.07, 6.45) is 1.01. The minimum absolute atomic E-state index is 0.0913. The van der Waals surface area contributed by atoms with Gasteiger partial charge in [0.25, 0.3) is 0 Å². The van der Waals surface area contributed by atoms with E-state index < -0.39 is 0 Å². The lowest BCUT2D eigenvalue weighted by atomic mass is 9.97. The number of carbonyl (C=O) groups is 1. The number of carbonyl (C=O) groups excluding carboxylic acids is 1. The van der Waals surface area contributed by atoms with Gasteiger partial charge in [0.2, 0.25) is 11.1 Å². The molecule has 8 heteroatoms. The van der Waals surface area contributed by atoms with E-state index in [0.717, 1.165) is 23.4 Å². The Morgan fingerprint density at radius 3 is 2.61 bits per heavy atom. The molecule has 3 aromatic rings. The number of thioether (sulfide) groups is 1. The fraction of sp³-hybridized carbons (Fsp3) is 0.300. The summed E-state index contributed by atoms with van der Waals surface area (Å²) in [6.45, 7) is 6.13. The van der Waals surface area contributed by atoms with Gasteiger partial charge in [-0.05, 0) is 65.6 Å². The number of benzene rings is 2. The molecule has 146 valence electrons. The molecule has 0 bridgehead atoms. The highest BCUT2D eigenvalue weighted by Crippen LogP contribution is 2.28. The molecular weight excluding hydrogens is 394 g/mol. The molecule has 0 aliphatic carbocycles. The first-order valence-electron chi connectivity index (χ1n) is 9.10. The van der Waals surface area contributed by atoms with Crippen LogP contribution in [0.25, 0.3) is 5.69 Å². The van der Waals surface area contributed by atoms with Crippen LogP contribution in [0.15, 0.2) is 53.7 Å². The zero-order valence-corrected chi connectivity index (χ0v) is 17.5. The van der Waals surface area contributed by atoms with Crippen LogP contribution < -0.4 is 5.32 Å². The molecule has 0 fully saturated rings. The van der Waals surface area contributed by atoms with Crippen molar-refractivity contribution in [2.75, 3.05) is 5.32 Å². The van der Waals surface area contributed by atoms with Crippen LogP contribution in [0.3, 0.4) is 0 Å². The van der Waals surface area contributed by atoms with Crippen molar-refractivity contribution in [1.82, 2.24) is 20.2 Å². The van der Waals surface area contributed by atoms with Crippen molar-refractivity contribution in [1.29, 1.82) is 0 Å². The van der Waals surface area contributed by atoms with E-state index in [-0.39, 0.29) is 11.2 Å². The molecule has 28 heavy (non-hydrogen) atoms. The van der Waals surface area contributed by atoms with Gasteiger partial charge in [0.05, 0.1) is 10.9 Å². The van der Waals surface area contributed by atoms with E-state index in [2.05, 4.69) is 40.8 Å². The Morgan fingerprint density at radius 2 is 1.89 bits per heavy atom. The molecule has 0 aliphatic rings. The summed E-state index contributed by atoms with van der Waals surface area (Å²) >= 11 is 7.25. The summed E-state index contributed by atoms with van der Waals surface area (Å²) in [5.74, 6) is 0.281. The Bertz CT molecular complexity index is 944. The number of amides is 1. The first kappa shape index (κ1) is 20.4. The normalized spacial score (nSPS) is 13.1. The molecule has 0 aliphatic heterocycles. The summed E-state index contributed by atoms with van der Waals surface area (Å²) in [5.41, 5.74) is 2.78. The van der Waals surface area contributed by atoms with Gasteiger partial charge in [-0.1, -0.05) is 55.4 Å². The number of hydrogen-bond donors (Lipinski definition) is 1. The largest absolute Gasteiger partial charge is 0.325 e. The second kappa shape index (κ2) is 9.21.